The predicted octanol–water partition coefficient (Wildman–Crippen LogP) is 4.21. The minimum atomic E-state index is -0.546. The standard InChI is InChI=1S/C26H30N4O3S/c1-18-14-29(16-22(31)17-32-23-8-9-26-24(13-23)27-19(2)34-26)10-11-30(18)15-21-12-25(33-28-21)20-6-4-3-5-7-20/h3-9,12-13,18,22,31H,10-11,14-17H2,1-2H3/t18-,22+/m0/s1. The third-order valence-corrected chi connectivity index (χ3v) is 7.16. The van der Waals surface area contributed by atoms with Crippen molar-refractivity contribution >= 4 is 21.6 Å². The van der Waals surface area contributed by atoms with Gasteiger partial charge in [0, 0.05) is 56.5 Å². The zero-order valence-corrected chi connectivity index (χ0v) is 20.4. The minimum absolute atomic E-state index is 0.268. The molecule has 1 N–H and O–H groups in total. The van der Waals surface area contributed by atoms with Crippen molar-refractivity contribution in [3.8, 4) is 17.1 Å². The first-order valence-electron chi connectivity index (χ1n) is 11.7. The summed E-state index contributed by atoms with van der Waals surface area (Å²) in [5.74, 6) is 1.55. The second-order valence-corrected chi connectivity index (χ2v) is 10.2. The van der Waals surface area contributed by atoms with Gasteiger partial charge in [0.15, 0.2) is 5.76 Å². The molecule has 4 aromatic rings. The van der Waals surface area contributed by atoms with Crippen LogP contribution < -0.4 is 4.74 Å². The van der Waals surface area contributed by atoms with Gasteiger partial charge in [-0.25, -0.2) is 4.98 Å². The molecule has 0 saturated carbocycles. The van der Waals surface area contributed by atoms with Crippen LogP contribution >= 0.6 is 11.3 Å². The van der Waals surface area contributed by atoms with E-state index in [2.05, 4.69) is 26.9 Å². The first-order chi connectivity index (χ1) is 16.5. The number of benzene rings is 2. The van der Waals surface area contributed by atoms with Crippen LogP contribution in [0.2, 0.25) is 0 Å². The van der Waals surface area contributed by atoms with Gasteiger partial charge in [-0.15, -0.1) is 11.3 Å². The molecule has 1 aliphatic heterocycles. The van der Waals surface area contributed by atoms with Crippen molar-refractivity contribution in [2.45, 2.75) is 32.5 Å². The van der Waals surface area contributed by atoms with E-state index in [9.17, 15) is 5.11 Å². The van der Waals surface area contributed by atoms with E-state index < -0.39 is 6.10 Å². The van der Waals surface area contributed by atoms with E-state index in [-0.39, 0.29) is 6.61 Å². The zero-order chi connectivity index (χ0) is 23.5. The van der Waals surface area contributed by atoms with Gasteiger partial charge >= 0.3 is 0 Å². The summed E-state index contributed by atoms with van der Waals surface area (Å²) in [6.45, 7) is 8.56. The van der Waals surface area contributed by atoms with Gasteiger partial charge < -0.3 is 14.4 Å². The number of thiazole rings is 1. The fourth-order valence-electron chi connectivity index (χ4n) is 4.46. The predicted molar refractivity (Wildman–Crippen MR) is 134 cm³/mol. The van der Waals surface area contributed by atoms with Crippen molar-refractivity contribution in [3.63, 3.8) is 0 Å². The van der Waals surface area contributed by atoms with Gasteiger partial charge in [0.05, 0.1) is 20.9 Å². The first-order valence-corrected chi connectivity index (χ1v) is 12.5. The van der Waals surface area contributed by atoms with Crippen molar-refractivity contribution in [2.24, 2.45) is 0 Å². The molecule has 2 aromatic heterocycles. The number of rotatable bonds is 8. The number of fused-ring (bicyclic) bond motifs is 1. The molecular weight excluding hydrogens is 448 g/mol. The summed E-state index contributed by atoms with van der Waals surface area (Å²) in [6.07, 6.45) is -0.546. The van der Waals surface area contributed by atoms with Crippen LogP contribution in [-0.2, 0) is 6.54 Å². The maximum absolute atomic E-state index is 10.6. The Labute approximate surface area is 203 Å². The summed E-state index contributed by atoms with van der Waals surface area (Å²) in [4.78, 5) is 9.23. The number of aryl methyl sites for hydroxylation is 1. The van der Waals surface area contributed by atoms with Crippen molar-refractivity contribution in [1.82, 2.24) is 19.9 Å². The Morgan fingerprint density at radius 2 is 2.03 bits per heavy atom. The van der Waals surface area contributed by atoms with Crippen LogP contribution in [0.15, 0.2) is 59.1 Å². The molecule has 2 atom stereocenters. The summed E-state index contributed by atoms with van der Waals surface area (Å²) in [7, 11) is 0. The summed E-state index contributed by atoms with van der Waals surface area (Å²) >= 11 is 1.67. The topological polar surface area (TPSA) is 74.9 Å². The van der Waals surface area contributed by atoms with E-state index in [1.54, 1.807) is 11.3 Å². The number of aliphatic hydroxyl groups excluding tert-OH is 1. The number of ether oxygens (including phenoxy) is 1. The molecule has 1 saturated heterocycles. The molecule has 34 heavy (non-hydrogen) atoms. The zero-order valence-electron chi connectivity index (χ0n) is 19.6. The van der Waals surface area contributed by atoms with Gasteiger partial charge in [-0.1, -0.05) is 35.5 Å². The highest BCUT2D eigenvalue weighted by atomic mass is 32.1. The van der Waals surface area contributed by atoms with Crippen molar-refractivity contribution < 1.29 is 14.4 Å². The van der Waals surface area contributed by atoms with E-state index in [1.165, 1.54) is 0 Å². The number of β-amino-alcohol motifs (C(OH)–C–C–N with tert-alkyl or cyclic N) is 1. The Hall–Kier alpha value is -2.78. The normalized spacial score (nSPS) is 18.4. The fourth-order valence-corrected chi connectivity index (χ4v) is 5.27. The van der Waals surface area contributed by atoms with E-state index in [1.807, 2.05) is 61.5 Å². The second kappa shape index (κ2) is 10.2. The van der Waals surface area contributed by atoms with Gasteiger partial charge in [-0.2, -0.15) is 0 Å². The van der Waals surface area contributed by atoms with E-state index >= 15 is 0 Å². The molecule has 0 amide bonds. The molecule has 0 spiro atoms. The Balaban J connectivity index is 1.09. The molecule has 0 radical (unpaired) electrons. The highest BCUT2D eigenvalue weighted by Crippen LogP contribution is 2.26. The molecule has 0 aliphatic carbocycles. The molecule has 5 rings (SSSR count). The second-order valence-electron chi connectivity index (χ2n) is 8.95. The molecule has 0 bridgehead atoms. The third-order valence-electron chi connectivity index (χ3n) is 6.21. The number of nitrogens with zero attached hydrogens (tertiary/aromatic N) is 4. The van der Waals surface area contributed by atoms with Crippen LogP contribution in [0.4, 0.5) is 0 Å². The number of piperazine rings is 1. The van der Waals surface area contributed by atoms with Crippen LogP contribution in [0.1, 0.15) is 17.6 Å². The summed E-state index contributed by atoms with van der Waals surface area (Å²) in [5.41, 5.74) is 2.93. The average Bonchev–Trinajstić information content (AvgIpc) is 3.45. The lowest BCUT2D eigenvalue weighted by Gasteiger charge is -2.40. The van der Waals surface area contributed by atoms with Crippen LogP contribution in [0.3, 0.4) is 0 Å². The third kappa shape index (κ3) is 5.47. The molecule has 0 unspecified atom stereocenters. The maximum Gasteiger partial charge on any atom is 0.167 e. The molecule has 1 fully saturated rings. The number of aromatic nitrogens is 2. The summed E-state index contributed by atoms with van der Waals surface area (Å²) in [5, 5.41) is 15.9. The number of hydrogen-bond acceptors (Lipinski definition) is 8. The van der Waals surface area contributed by atoms with Gasteiger partial charge in [0.2, 0.25) is 0 Å². The summed E-state index contributed by atoms with van der Waals surface area (Å²) in [6, 6.07) is 18.3. The Bertz CT molecular complexity index is 1230. The monoisotopic (exact) mass is 478 g/mol. The van der Waals surface area contributed by atoms with E-state index in [0.29, 0.717) is 12.6 Å². The summed E-state index contributed by atoms with van der Waals surface area (Å²) < 4.78 is 12.6. The average molecular weight is 479 g/mol. The highest BCUT2D eigenvalue weighted by molar-refractivity contribution is 7.18. The highest BCUT2D eigenvalue weighted by Gasteiger charge is 2.26. The van der Waals surface area contributed by atoms with Gasteiger partial charge in [0.1, 0.15) is 18.5 Å². The lowest BCUT2D eigenvalue weighted by atomic mass is 10.1. The van der Waals surface area contributed by atoms with Gasteiger partial charge in [0.25, 0.3) is 0 Å². The van der Waals surface area contributed by atoms with Gasteiger partial charge in [-0.05, 0) is 26.0 Å². The van der Waals surface area contributed by atoms with Crippen LogP contribution in [0.5, 0.6) is 5.75 Å². The molecule has 2 aromatic carbocycles. The fraction of sp³-hybridized carbons (Fsp3) is 0.385. The lowest BCUT2D eigenvalue weighted by Crippen LogP contribution is -2.53. The van der Waals surface area contributed by atoms with E-state index in [4.69, 9.17) is 9.26 Å². The molecule has 3 heterocycles. The SMILES string of the molecule is Cc1nc2cc(OC[C@H](O)CN3CCN(Cc4cc(-c5ccccc5)on4)[C@@H](C)C3)ccc2s1. The molecule has 7 nitrogen and oxygen atoms in total. The van der Waals surface area contributed by atoms with Crippen LogP contribution in [0.25, 0.3) is 21.5 Å². The quantitative estimate of drug-likeness (QED) is 0.407. The Kier molecular flexibility index (Phi) is 6.92. The van der Waals surface area contributed by atoms with Crippen LogP contribution in [0, 0.1) is 6.92 Å². The van der Waals surface area contributed by atoms with Crippen LogP contribution in [-0.4, -0.2) is 70.0 Å². The molecule has 178 valence electrons. The Morgan fingerprint density at radius 1 is 1.18 bits per heavy atom. The van der Waals surface area contributed by atoms with Gasteiger partial charge in [-0.3, -0.25) is 9.80 Å². The maximum atomic E-state index is 10.6. The van der Waals surface area contributed by atoms with Crippen molar-refractivity contribution in [3.05, 3.63) is 65.3 Å². The first kappa shape index (κ1) is 23.0. The van der Waals surface area contributed by atoms with E-state index in [0.717, 1.165) is 64.2 Å². The lowest BCUT2D eigenvalue weighted by molar-refractivity contribution is 0.0250. The molecule has 8 heteroatoms. The number of hydrogen-bond donors (Lipinski definition) is 1. The van der Waals surface area contributed by atoms with Crippen molar-refractivity contribution in [1.29, 1.82) is 0 Å². The smallest absolute Gasteiger partial charge is 0.167 e. The minimum Gasteiger partial charge on any atom is -0.491 e. The number of aliphatic hydroxyl groups is 1. The molecular formula is C26H30N4O3S. The molecule has 1 aliphatic rings. The largest absolute Gasteiger partial charge is 0.491 e. The van der Waals surface area contributed by atoms with Crippen molar-refractivity contribution in [2.75, 3.05) is 32.8 Å². The Morgan fingerprint density at radius 3 is 2.85 bits per heavy atom.